The van der Waals surface area contributed by atoms with Gasteiger partial charge in [-0.15, -0.1) is 0 Å². The van der Waals surface area contributed by atoms with Gasteiger partial charge in [-0.05, 0) is 24.0 Å². The highest BCUT2D eigenvalue weighted by Crippen LogP contribution is 2.27. The van der Waals surface area contributed by atoms with Crippen LogP contribution >= 0.6 is 0 Å². The van der Waals surface area contributed by atoms with Crippen molar-refractivity contribution in [3.63, 3.8) is 0 Å². The molecule has 0 radical (unpaired) electrons. The zero-order chi connectivity index (χ0) is 20.5. The summed E-state index contributed by atoms with van der Waals surface area (Å²) in [6.45, 7) is 5.58. The third-order valence-corrected chi connectivity index (χ3v) is 4.51. The number of nitrogen functional groups attached to an aromatic ring is 1. The van der Waals surface area contributed by atoms with Gasteiger partial charge in [-0.25, -0.2) is 9.36 Å². The third kappa shape index (κ3) is 3.89. The molecule has 1 amide bonds. The van der Waals surface area contributed by atoms with Crippen molar-refractivity contribution < 1.29 is 4.79 Å². The number of aromatic nitrogens is 2. The molecule has 2 aromatic rings. The molecule has 0 atom stereocenters. The number of rotatable bonds is 5. The van der Waals surface area contributed by atoms with E-state index in [0.29, 0.717) is 5.69 Å². The van der Waals surface area contributed by atoms with E-state index < -0.39 is 23.7 Å². The Morgan fingerprint density at radius 1 is 1.26 bits per heavy atom. The summed E-state index contributed by atoms with van der Waals surface area (Å²) in [4.78, 5) is 39.3. The van der Waals surface area contributed by atoms with E-state index in [1.54, 1.807) is 14.1 Å². The molecular formula is C19H27N5O3. The van der Waals surface area contributed by atoms with Crippen molar-refractivity contribution in [3.05, 3.63) is 50.2 Å². The Balaban J connectivity index is 2.44. The molecule has 1 aromatic carbocycles. The van der Waals surface area contributed by atoms with E-state index in [0.717, 1.165) is 20.3 Å². The summed E-state index contributed by atoms with van der Waals surface area (Å²) in [7, 11) is 4.78. The number of nitrogens with zero attached hydrogens (tertiary/aromatic N) is 3. The monoisotopic (exact) mass is 373 g/mol. The Bertz CT molecular complexity index is 986. The number of carbonyl (C=O) groups excluding carboxylic acids is 1. The van der Waals surface area contributed by atoms with E-state index in [4.69, 9.17) is 5.73 Å². The van der Waals surface area contributed by atoms with Gasteiger partial charge in [0.05, 0.1) is 0 Å². The highest BCUT2D eigenvalue weighted by molar-refractivity contribution is 5.92. The Kier molecular flexibility index (Phi) is 5.78. The molecule has 0 aliphatic rings. The number of anilines is 3. The molecule has 0 unspecified atom stereocenters. The molecule has 8 nitrogen and oxygen atoms in total. The lowest BCUT2D eigenvalue weighted by Crippen LogP contribution is -2.44. The second-order valence-corrected chi connectivity index (χ2v) is 7.10. The maximum atomic E-state index is 12.7. The lowest BCUT2D eigenvalue weighted by atomic mass is 9.98. The first-order chi connectivity index (χ1) is 12.6. The van der Waals surface area contributed by atoms with Crippen molar-refractivity contribution in [3.8, 4) is 0 Å². The van der Waals surface area contributed by atoms with Crippen LogP contribution in [0.4, 0.5) is 17.2 Å². The number of benzene rings is 1. The van der Waals surface area contributed by atoms with Crippen molar-refractivity contribution in [2.45, 2.75) is 33.2 Å². The van der Waals surface area contributed by atoms with Gasteiger partial charge in [-0.3, -0.25) is 14.2 Å². The summed E-state index contributed by atoms with van der Waals surface area (Å²) < 4.78 is 2.06. The number of nitrogens with one attached hydrogen (secondary N) is 1. The van der Waals surface area contributed by atoms with Gasteiger partial charge in [-0.1, -0.05) is 32.0 Å². The smallest absolute Gasteiger partial charge is 0.332 e. The molecule has 0 aliphatic heterocycles. The van der Waals surface area contributed by atoms with E-state index in [1.165, 1.54) is 11.9 Å². The molecule has 0 fully saturated rings. The van der Waals surface area contributed by atoms with Gasteiger partial charge in [0.25, 0.3) is 5.56 Å². The average molecular weight is 373 g/mol. The Labute approximate surface area is 158 Å². The van der Waals surface area contributed by atoms with Gasteiger partial charge in [-0.2, -0.15) is 0 Å². The summed E-state index contributed by atoms with van der Waals surface area (Å²) in [6, 6.07) is 5.79. The molecule has 1 aromatic heterocycles. The third-order valence-electron chi connectivity index (χ3n) is 4.51. The molecule has 0 aliphatic carbocycles. The van der Waals surface area contributed by atoms with Crippen molar-refractivity contribution in [2.24, 2.45) is 7.05 Å². The molecule has 27 heavy (non-hydrogen) atoms. The topological polar surface area (TPSA) is 102 Å². The normalized spacial score (nSPS) is 10.9. The fourth-order valence-electron chi connectivity index (χ4n) is 2.99. The molecular weight excluding hydrogens is 346 g/mol. The minimum atomic E-state index is -0.632. The molecule has 1 heterocycles. The first-order valence-corrected chi connectivity index (χ1v) is 8.72. The highest BCUT2D eigenvalue weighted by atomic mass is 16.2. The van der Waals surface area contributed by atoms with E-state index in [9.17, 15) is 14.4 Å². The Morgan fingerprint density at radius 2 is 1.89 bits per heavy atom. The molecule has 0 spiro atoms. The highest BCUT2D eigenvalue weighted by Gasteiger charge is 2.19. The van der Waals surface area contributed by atoms with Crippen LogP contribution in [0.3, 0.4) is 0 Å². The predicted molar refractivity (Wildman–Crippen MR) is 109 cm³/mol. The number of para-hydroxylation sites is 1. The fraction of sp³-hybridized carbons (Fsp3) is 0.421. The van der Waals surface area contributed by atoms with Gasteiger partial charge in [0.2, 0.25) is 5.91 Å². The van der Waals surface area contributed by atoms with Crippen LogP contribution in [-0.4, -0.2) is 29.1 Å². The first kappa shape index (κ1) is 20.3. The summed E-state index contributed by atoms with van der Waals surface area (Å²) in [5.41, 5.74) is 7.46. The maximum Gasteiger partial charge on any atom is 0.332 e. The van der Waals surface area contributed by atoms with Crippen LogP contribution in [-0.2, 0) is 18.4 Å². The first-order valence-electron chi connectivity index (χ1n) is 8.72. The van der Waals surface area contributed by atoms with Gasteiger partial charge in [0.15, 0.2) is 0 Å². The van der Waals surface area contributed by atoms with Crippen LogP contribution in [0.2, 0.25) is 0 Å². The quantitative estimate of drug-likeness (QED) is 0.822. The Morgan fingerprint density at radius 3 is 2.44 bits per heavy atom. The average Bonchev–Trinajstić information content (AvgIpc) is 2.58. The lowest BCUT2D eigenvalue weighted by molar-refractivity contribution is -0.116. The van der Waals surface area contributed by atoms with Crippen LogP contribution in [0.15, 0.2) is 27.8 Å². The van der Waals surface area contributed by atoms with Crippen molar-refractivity contribution in [1.82, 2.24) is 9.13 Å². The number of amides is 1. The van der Waals surface area contributed by atoms with Crippen molar-refractivity contribution in [2.75, 3.05) is 30.0 Å². The minimum Gasteiger partial charge on any atom is -0.383 e. The van der Waals surface area contributed by atoms with E-state index in [-0.39, 0.29) is 17.4 Å². The number of aryl methyl sites for hydroxylation is 1. The molecule has 146 valence electrons. The van der Waals surface area contributed by atoms with Crippen LogP contribution < -0.4 is 27.2 Å². The zero-order valence-electron chi connectivity index (χ0n) is 16.7. The molecule has 0 saturated carbocycles. The maximum absolute atomic E-state index is 12.7. The van der Waals surface area contributed by atoms with Crippen LogP contribution in [0, 0.1) is 6.92 Å². The second kappa shape index (κ2) is 7.69. The largest absolute Gasteiger partial charge is 0.383 e. The summed E-state index contributed by atoms with van der Waals surface area (Å²) in [5.74, 6) is -0.166. The second-order valence-electron chi connectivity index (χ2n) is 7.10. The Hall–Kier alpha value is -3.03. The lowest BCUT2D eigenvalue weighted by Gasteiger charge is -2.19. The van der Waals surface area contributed by atoms with Crippen molar-refractivity contribution >= 4 is 23.1 Å². The summed E-state index contributed by atoms with van der Waals surface area (Å²) >= 11 is 0. The molecule has 0 bridgehead atoms. The van der Waals surface area contributed by atoms with Crippen molar-refractivity contribution in [1.29, 1.82) is 0 Å². The minimum absolute atomic E-state index is 0.0626. The molecule has 2 rings (SSSR count). The van der Waals surface area contributed by atoms with Gasteiger partial charge in [0, 0.05) is 26.8 Å². The van der Waals surface area contributed by atoms with Gasteiger partial charge >= 0.3 is 5.69 Å². The van der Waals surface area contributed by atoms with E-state index >= 15 is 0 Å². The summed E-state index contributed by atoms with van der Waals surface area (Å²) in [6.07, 6.45) is 0. The molecule has 8 heteroatoms. The molecule has 0 saturated heterocycles. The standard InChI is InChI=1S/C19H27N5O3/c1-11(2)13-9-7-8-12(3)15(13)21-14(25)10-24-18(26)16(22(4)5)17(20)23(6)19(24)27/h7-9,11H,10,20H2,1-6H3,(H,21,25). The van der Waals surface area contributed by atoms with Crippen LogP contribution in [0.25, 0.3) is 0 Å². The number of nitrogens with two attached hydrogens (primary N) is 1. The zero-order valence-corrected chi connectivity index (χ0v) is 16.7. The SMILES string of the molecule is Cc1cccc(C(C)C)c1NC(=O)Cn1c(=O)c(N(C)C)c(N)n(C)c1=O. The number of hydrogen-bond acceptors (Lipinski definition) is 5. The number of carbonyl (C=O) groups is 1. The van der Waals surface area contributed by atoms with E-state index in [2.05, 4.69) is 5.32 Å². The van der Waals surface area contributed by atoms with Gasteiger partial charge in [0.1, 0.15) is 18.1 Å². The summed E-state index contributed by atoms with van der Waals surface area (Å²) in [5, 5.41) is 2.85. The molecule has 3 N–H and O–H groups in total. The predicted octanol–water partition coefficient (Wildman–Crippen LogP) is 1.27. The van der Waals surface area contributed by atoms with Gasteiger partial charge < -0.3 is 16.0 Å². The van der Waals surface area contributed by atoms with Crippen LogP contribution in [0.5, 0.6) is 0 Å². The van der Waals surface area contributed by atoms with E-state index in [1.807, 2.05) is 39.0 Å². The number of hydrogen-bond donors (Lipinski definition) is 2. The fourth-order valence-corrected chi connectivity index (χ4v) is 2.99. The van der Waals surface area contributed by atoms with Crippen LogP contribution in [0.1, 0.15) is 30.9 Å².